The smallest absolute Gasteiger partial charge is 0.343 e. The van der Waals surface area contributed by atoms with Gasteiger partial charge < -0.3 is 9.47 Å². The van der Waals surface area contributed by atoms with Gasteiger partial charge in [0.25, 0.3) is 15.9 Å². The van der Waals surface area contributed by atoms with Crippen molar-refractivity contribution in [3.8, 4) is 0 Å². The molecule has 1 fully saturated rings. The van der Waals surface area contributed by atoms with Crippen LogP contribution in [0, 0.1) is 6.92 Å². The van der Waals surface area contributed by atoms with E-state index in [1.165, 1.54) is 12.1 Å². The predicted octanol–water partition coefficient (Wildman–Crippen LogP) is 2.12. The van der Waals surface area contributed by atoms with Gasteiger partial charge in [-0.05, 0) is 31.9 Å². The molecule has 1 aliphatic rings. The Bertz CT molecular complexity index is 897. The Morgan fingerprint density at radius 1 is 1.00 bits per heavy atom. The molecule has 9 heteroatoms. The van der Waals surface area contributed by atoms with Crippen molar-refractivity contribution in [2.75, 3.05) is 14.2 Å². The summed E-state index contributed by atoms with van der Waals surface area (Å²) in [7, 11) is -2.14. The topological polar surface area (TPSA) is 107 Å². The number of hydrogen-bond donors (Lipinski definition) is 0. The van der Waals surface area contributed by atoms with Crippen molar-refractivity contribution in [3.05, 3.63) is 41.5 Å². The van der Waals surface area contributed by atoms with E-state index in [1.807, 2.05) is 6.92 Å². The van der Waals surface area contributed by atoms with E-state index in [2.05, 4.69) is 9.47 Å². The van der Waals surface area contributed by atoms with Crippen molar-refractivity contribution in [1.82, 2.24) is 4.31 Å². The quantitative estimate of drug-likeness (QED) is 0.298. The lowest BCUT2D eigenvalue weighted by atomic mass is 9.95. The van der Waals surface area contributed by atoms with E-state index in [-0.39, 0.29) is 4.90 Å². The third kappa shape index (κ3) is 5.23. The lowest BCUT2D eigenvalue weighted by Crippen LogP contribution is -2.47. The summed E-state index contributed by atoms with van der Waals surface area (Å²) in [6.45, 7) is 1.81. The molecule has 1 saturated carbocycles. The van der Waals surface area contributed by atoms with E-state index >= 15 is 0 Å². The van der Waals surface area contributed by atoms with Crippen LogP contribution in [0.3, 0.4) is 0 Å². The van der Waals surface area contributed by atoms with Crippen molar-refractivity contribution in [2.24, 2.45) is 0 Å². The SMILES string of the molecule is COC(=O)/C=C(\C(=O)OC)C(=O)N(C1CCCCC1)S(=O)(=O)c1ccc(C)cc1. The fourth-order valence-electron chi connectivity index (χ4n) is 3.22. The zero-order chi connectivity index (χ0) is 21.6. The molecule has 0 radical (unpaired) electrons. The Kier molecular flexibility index (Phi) is 7.55. The van der Waals surface area contributed by atoms with Gasteiger partial charge in [-0.15, -0.1) is 0 Å². The highest BCUT2D eigenvalue weighted by Crippen LogP contribution is 2.29. The Balaban J connectivity index is 2.58. The Labute approximate surface area is 170 Å². The van der Waals surface area contributed by atoms with Gasteiger partial charge in [0.2, 0.25) is 0 Å². The number of carbonyl (C=O) groups excluding carboxylic acids is 3. The van der Waals surface area contributed by atoms with Crippen molar-refractivity contribution >= 4 is 27.9 Å². The van der Waals surface area contributed by atoms with Crippen LogP contribution in [0.1, 0.15) is 37.7 Å². The normalized spacial score (nSPS) is 15.5. The minimum atomic E-state index is -4.26. The molecule has 0 aromatic heterocycles. The minimum absolute atomic E-state index is 0.0655. The van der Waals surface area contributed by atoms with Crippen LogP contribution in [0.5, 0.6) is 0 Å². The molecule has 29 heavy (non-hydrogen) atoms. The van der Waals surface area contributed by atoms with Crippen LogP contribution in [0.2, 0.25) is 0 Å². The number of aryl methyl sites for hydroxylation is 1. The van der Waals surface area contributed by atoms with Crippen molar-refractivity contribution < 1.29 is 32.3 Å². The second-order valence-electron chi connectivity index (χ2n) is 6.78. The van der Waals surface area contributed by atoms with Gasteiger partial charge in [-0.2, -0.15) is 0 Å². The molecule has 0 spiro atoms. The Morgan fingerprint density at radius 3 is 2.10 bits per heavy atom. The molecule has 0 aliphatic heterocycles. The largest absolute Gasteiger partial charge is 0.466 e. The van der Waals surface area contributed by atoms with E-state index in [1.54, 1.807) is 12.1 Å². The molecule has 0 saturated heterocycles. The molecule has 0 atom stereocenters. The van der Waals surface area contributed by atoms with E-state index < -0.39 is 39.5 Å². The van der Waals surface area contributed by atoms with Crippen molar-refractivity contribution in [2.45, 2.75) is 50.0 Å². The van der Waals surface area contributed by atoms with E-state index in [9.17, 15) is 22.8 Å². The summed E-state index contributed by atoms with van der Waals surface area (Å²) in [6, 6.07) is 5.46. The van der Waals surface area contributed by atoms with Gasteiger partial charge >= 0.3 is 11.9 Å². The number of nitrogens with zero attached hydrogens (tertiary/aromatic N) is 1. The number of methoxy groups -OCH3 is 2. The zero-order valence-corrected chi connectivity index (χ0v) is 17.5. The van der Waals surface area contributed by atoms with Gasteiger partial charge in [0, 0.05) is 12.1 Å². The maximum Gasteiger partial charge on any atom is 0.343 e. The highest BCUT2D eigenvalue weighted by Gasteiger charge is 2.40. The molecular weight excluding hydrogens is 398 g/mol. The van der Waals surface area contributed by atoms with Gasteiger partial charge in [-0.25, -0.2) is 22.3 Å². The van der Waals surface area contributed by atoms with Crippen LogP contribution in [-0.2, 0) is 33.9 Å². The molecule has 2 rings (SSSR count). The Morgan fingerprint density at radius 2 is 1.59 bits per heavy atom. The molecule has 158 valence electrons. The number of carbonyl (C=O) groups is 3. The van der Waals surface area contributed by atoms with Crippen LogP contribution in [0.25, 0.3) is 0 Å². The average molecular weight is 423 g/mol. The summed E-state index contributed by atoms with van der Waals surface area (Å²) in [5.41, 5.74) is 0.168. The number of amides is 1. The predicted molar refractivity (Wildman–Crippen MR) is 104 cm³/mol. The third-order valence-corrected chi connectivity index (χ3v) is 6.63. The molecule has 1 aliphatic carbocycles. The first-order chi connectivity index (χ1) is 13.7. The van der Waals surface area contributed by atoms with Gasteiger partial charge in [-0.3, -0.25) is 4.79 Å². The molecule has 1 amide bonds. The van der Waals surface area contributed by atoms with Gasteiger partial charge in [-0.1, -0.05) is 37.0 Å². The number of hydrogen-bond acceptors (Lipinski definition) is 7. The number of sulfonamides is 1. The fraction of sp³-hybridized carbons (Fsp3) is 0.450. The van der Waals surface area contributed by atoms with E-state index in [0.717, 1.165) is 43.4 Å². The summed E-state index contributed by atoms with van der Waals surface area (Å²) in [5, 5.41) is 0. The van der Waals surface area contributed by atoms with Gasteiger partial charge in [0.05, 0.1) is 19.1 Å². The number of esters is 2. The number of rotatable bonds is 6. The van der Waals surface area contributed by atoms with Crippen molar-refractivity contribution in [1.29, 1.82) is 0 Å². The average Bonchev–Trinajstić information content (AvgIpc) is 2.72. The van der Waals surface area contributed by atoms with Crippen LogP contribution in [0.4, 0.5) is 0 Å². The molecule has 8 nitrogen and oxygen atoms in total. The molecular formula is C20H25NO7S. The van der Waals surface area contributed by atoms with Crippen LogP contribution < -0.4 is 0 Å². The summed E-state index contributed by atoms with van der Waals surface area (Å²) in [4.78, 5) is 37.0. The second kappa shape index (κ2) is 9.69. The maximum atomic E-state index is 13.4. The van der Waals surface area contributed by atoms with Crippen LogP contribution in [-0.4, -0.2) is 50.8 Å². The highest BCUT2D eigenvalue weighted by molar-refractivity contribution is 7.89. The van der Waals surface area contributed by atoms with E-state index in [4.69, 9.17) is 0 Å². The monoisotopic (exact) mass is 423 g/mol. The Hall–Kier alpha value is -2.68. The lowest BCUT2D eigenvalue weighted by molar-refractivity contribution is -0.141. The molecule has 1 aromatic rings. The van der Waals surface area contributed by atoms with Gasteiger partial charge in [0.1, 0.15) is 5.57 Å². The van der Waals surface area contributed by atoms with Crippen LogP contribution in [0.15, 0.2) is 40.8 Å². The first-order valence-electron chi connectivity index (χ1n) is 9.25. The number of ether oxygens (including phenoxy) is 2. The van der Waals surface area contributed by atoms with Crippen LogP contribution >= 0.6 is 0 Å². The second-order valence-corrected chi connectivity index (χ2v) is 8.60. The summed E-state index contributed by atoms with van der Waals surface area (Å²) in [6.07, 6.45) is 4.06. The van der Waals surface area contributed by atoms with Gasteiger partial charge in [0.15, 0.2) is 0 Å². The molecule has 0 N–H and O–H groups in total. The van der Waals surface area contributed by atoms with Crippen molar-refractivity contribution in [3.63, 3.8) is 0 Å². The fourth-order valence-corrected chi connectivity index (χ4v) is 4.85. The third-order valence-electron chi connectivity index (χ3n) is 4.78. The zero-order valence-electron chi connectivity index (χ0n) is 16.7. The molecule has 0 unspecified atom stereocenters. The summed E-state index contributed by atoms with van der Waals surface area (Å²) >= 11 is 0. The molecule has 0 heterocycles. The molecule has 0 bridgehead atoms. The summed E-state index contributed by atoms with van der Waals surface area (Å²) in [5.74, 6) is -3.18. The molecule has 1 aromatic carbocycles. The lowest BCUT2D eigenvalue weighted by Gasteiger charge is -2.33. The number of benzene rings is 1. The first kappa shape index (κ1) is 22.6. The highest BCUT2D eigenvalue weighted by atomic mass is 32.2. The first-order valence-corrected chi connectivity index (χ1v) is 10.7. The maximum absolute atomic E-state index is 13.4. The standard InChI is InChI=1S/C20H25NO7S/c1-14-9-11-16(12-10-14)29(25,26)21(15-7-5-4-6-8-15)19(23)17(20(24)28-3)13-18(22)27-2/h9-13,15H,4-8H2,1-3H3/b17-13-. The minimum Gasteiger partial charge on any atom is -0.466 e. The summed E-state index contributed by atoms with van der Waals surface area (Å²) < 4.78 is 36.5. The van der Waals surface area contributed by atoms with E-state index in [0.29, 0.717) is 18.9 Å².